The van der Waals surface area contributed by atoms with Crippen LogP contribution in [0.3, 0.4) is 0 Å². The Labute approximate surface area is 126 Å². The molecule has 1 aromatic rings. The molecule has 1 rings (SSSR count). The predicted octanol–water partition coefficient (Wildman–Crippen LogP) is 3.94. The molecule has 0 unspecified atom stereocenters. The number of hydrogen-bond donors (Lipinski definition) is 2. The first kappa shape index (κ1) is 17.1. The molecule has 0 heterocycles. The third-order valence-corrected chi connectivity index (χ3v) is 2.84. The van der Waals surface area contributed by atoms with E-state index in [9.17, 15) is 9.90 Å². The van der Waals surface area contributed by atoms with Gasteiger partial charge in [-0.15, -0.1) is 0 Å². The highest BCUT2D eigenvalue weighted by molar-refractivity contribution is 5.67. The van der Waals surface area contributed by atoms with Crippen LogP contribution in [0.4, 0.5) is 4.79 Å². The molecule has 0 fully saturated rings. The van der Waals surface area contributed by atoms with Crippen LogP contribution in [0, 0.1) is 13.8 Å². The Morgan fingerprint density at radius 1 is 1.29 bits per heavy atom. The molecule has 1 amide bonds. The van der Waals surface area contributed by atoms with E-state index in [1.807, 2.05) is 46.8 Å². The first-order valence-electron chi connectivity index (χ1n) is 7.12. The number of nitrogens with one attached hydrogen (secondary N) is 1. The molecule has 0 aliphatic heterocycles. The van der Waals surface area contributed by atoms with Crippen LogP contribution in [0.5, 0.6) is 5.75 Å². The van der Waals surface area contributed by atoms with Crippen LogP contribution < -0.4 is 5.32 Å². The smallest absolute Gasteiger partial charge is 0.407 e. The SMILES string of the molecule is Cc1cc(O)cc(C)c1C=CCCNC(=O)OC(C)(C)C. The van der Waals surface area contributed by atoms with Crippen molar-refractivity contribution in [2.24, 2.45) is 0 Å². The molecule has 0 saturated carbocycles. The highest BCUT2D eigenvalue weighted by Gasteiger charge is 2.15. The molecule has 0 bridgehead atoms. The summed E-state index contributed by atoms with van der Waals surface area (Å²) in [6.07, 6.45) is 4.34. The van der Waals surface area contributed by atoms with Crippen molar-refractivity contribution in [2.75, 3.05) is 6.54 Å². The zero-order valence-corrected chi connectivity index (χ0v) is 13.5. The van der Waals surface area contributed by atoms with Crippen LogP contribution in [0.1, 0.15) is 43.9 Å². The van der Waals surface area contributed by atoms with E-state index < -0.39 is 11.7 Å². The number of rotatable bonds is 4. The van der Waals surface area contributed by atoms with Crippen LogP contribution in [0.2, 0.25) is 0 Å². The van der Waals surface area contributed by atoms with Gasteiger partial charge in [-0.25, -0.2) is 4.79 Å². The first-order valence-corrected chi connectivity index (χ1v) is 7.12. The number of alkyl carbamates (subject to hydrolysis) is 1. The van der Waals surface area contributed by atoms with Gasteiger partial charge in [0.15, 0.2) is 0 Å². The van der Waals surface area contributed by atoms with Crippen LogP contribution >= 0.6 is 0 Å². The minimum Gasteiger partial charge on any atom is -0.508 e. The topological polar surface area (TPSA) is 58.6 Å². The Hall–Kier alpha value is -1.97. The molecular formula is C17H25NO3. The van der Waals surface area contributed by atoms with Gasteiger partial charge in [0, 0.05) is 6.54 Å². The summed E-state index contributed by atoms with van der Waals surface area (Å²) >= 11 is 0. The second-order valence-electron chi connectivity index (χ2n) is 6.11. The van der Waals surface area contributed by atoms with Gasteiger partial charge in [-0.3, -0.25) is 0 Å². The van der Waals surface area contributed by atoms with Crippen LogP contribution in [-0.4, -0.2) is 23.3 Å². The summed E-state index contributed by atoms with van der Waals surface area (Å²) in [5.41, 5.74) is 2.69. The molecule has 0 atom stereocenters. The van der Waals surface area contributed by atoms with E-state index in [0.29, 0.717) is 6.54 Å². The minimum absolute atomic E-state index is 0.286. The maximum Gasteiger partial charge on any atom is 0.407 e. The van der Waals surface area contributed by atoms with Gasteiger partial charge in [-0.1, -0.05) is 12.2 Å². The van der Waals surface area contributed by atoms with Crippen molar-refractivity contribution in [3.05, 3.63) is 34.9 Å². The van der Waals surface area contributed by atoms with E-state index in [4.69, 9.17) is 4.74 Å². The highest BCUT2D eigenvalue weighted by Crippen LogP contribution is 2.21. The maximum absolute atomic E-state index is 11.5. The number of phenols is 1. The van der Waals surface area contributed by atoms with E-state index >= 15 is 0 Å². The lowest BCUT2D eigenvalue weighted by Crippen LogP contribution is -2.32. The van der Waals surface area contributed by atoms with Crippen molar-refractivity contribution >= 4 is 12.2 Å². The molecule has 4 nitrogen and oxygen atoms in total. The van der Waals surface area contributed by atoms with Crippen LogP contribution in [0.15, 0.2) is 18.2 Å². The van der Waals surface area contributed by atoms with Crippen molar-refractivity contribution < 1.29 is 14.6 Å². The zero-order valence-electron chi connectivity index (χ0n) is 13.5. The third-order valence-electron chi connectivity index (χ3n) is 2.84. The number of carbonyl (C=O) groups excluding carboxylic acids is 1. The molecule has 0 spiro atoms. The second-order valence-corrected chi connectivity index (χ2v) is 6.11. The quantitative estimate of drug-likeness (QED) is 0.826. The Morgan fingerprint density at radius 3 is 2.38 bits per heavy atom. The summed E-state index contributed by atoms with van der Waals surface area (Å²) in [5, 5.41) is 12.2. The lowest BCUT2D eigenvalue weighted by molar-refractivity contribution is 0.0529. The molecular weight excluding hydrogens is 266 g/mol. The van der Waals surface area contributed by atoms with Gasteiger partial charge in [-0.2, -0.15) is 0 Å². The first-order chi connectivity index (χ1) is 9.69. The minimum atomic E-state index is -0.472. The summed E-state index contributed by atoms with van der Waals surface area (Å²) in [4.78, 5) is 11.5. The van der Waals surface area contributed by atoms with Gasteiger partial charge >= 0.3 is 6.09 Å². The van der Waals surface area contributed by atoms with E-state index in [2.05, 4.69) is 5.32 Å². The molecule has 0 aliphatic carbocycles. The molecule has 1 aromatic carbocycles. The summed E-state index contributed by atoms with van der Waals surface area (Å²) in [6, 6.07) is 3.48. The highest BCUT2D eigenvalue weighted by atomic mass is 16.6. The number of aromatic hydroxyl groups is 1. The summed E-state index contributed by atoms with van der Waals surface area (Å²) in [7, 11) is 0. The summed E-state index contributed by atoms with van der Waals surface area (Å²) in [6.45, 7) is 9.97. The normalized spacial score (nSPS) is 11.7. The number of aryl methyl sites for hydroxylation is 2. The fourth-order valence-corrected chi connectivity index (χ4v) is 1.99. The average molecular weight is 291 g/mol. The summed E-state index contributed by atoms with van der Waals surface area (Å²) in [5.74, 6) is 0.286. The average Bonchev–Trinajstić information content (AvgIpc) is 2.29. The lowest BCUT2D eigenvalue weighted by atomic mass is 10.0. The fraction of sp³-hybridized carbons (Fsp3) is 0.471. The maximum atomic E-state index is 11.5. The zero-order chi connectivity index (χ0) is 16.0. The van der Waals surface area contributed by atoms with E-state index in [0.717, 1.165) is 23.1 Å². The van der Waals surface area contributed by atoms with Gasteiger partial charge in [0.2, 0.25) is 0 Å². The number of phenolic OH excluding ortho intramolecular Hbond substituents is 1. The van der Waals surface area contributed by atoms with Crippen molar-refractivity contribution in [1.29, 1.82) is 0 Å². The Balaban J connectivity index is 2.45. The van der Waals surface area contributed by atoms with Gasteiger partial charge in [-0.05, 0) is 69.9 Å². The molecule has 4 heteroatoms. The Bertz CT molecular complexity index is 504. The van der Waals surface area contributed by atoms with E-state index in [-0.39, 0.29) is 5.75 Å². The molecule has 116 valence electrons. The monoisotopic (exact) mass is 291 g/mol. The number of carbonyl (C=O) groups is 1. The van der Waals surface area contributed by atoms with Crippen molar-refractivity contribution in [3.8, 4) is 5.75 Å². The molecule has 0 saturated heterocycles. The number of amides is 1. The lowest BCUT2D eigenvalue weighted by Gasteiger charge is -2.19. The van der Waals surface area contributed by atoms with Gasteiger partial charge in [0.1, 0.15) is 11.4 Å². The third kappa shape index (κ3) is 6.34. The largest absolute Gasteiger partial charge is 0.508 e. The van der Waals surface area contributed by atoms with Crippen molar-refractivity contribution in [3.63, 3.8) is 0 Å². The Morgan fingerprint density at radius 2 is 1.86 bits per heavy atom. The molecule has 21 heavy (non-hydrogen) atoms. The molecule has 0 aromatic heterocycles. The number of ether oxygens (including phenoxy) is 1. The molecule has 2 N–H and O–H groups in total. The fourth-order valence-electron chi connectivity index (χ4n) is 1.99. The van der Waals surface area contributed by atoms with Gasteiger partial charge < -0.3 is 15.2 Å². The van der Waals surface area contributed by atoms with Gasteiger partial charge in [0.25, 0.3) is 0 Å². The standard InChI is InChI=1S/C17H25NO3/c1-12-10-14(19)11-13(2)15(12)8-6-7-9-18-16(20)21-17(3,4)5/h6,8,10-11,19H,7,9H2,1-5H3,(H,18,20). The van der Waals surface area contributed by atoms with Crippen LogP contribution in [-0.2, 0) is 4.74 Å². The summed E-state index contributed by atoms with van der Waals surface area (Å²) < 4.78 is 5.15. The number of hydrogen-bond acceptors (Lipinski definition) is 3. The molecule has 0 radical (unpaired) electrons. The Kier molecular flexibility index (Phi) is 5.82. The van der Waals surface area contributed by atoms with E-state index in [1.54, 1.807) is 12.1 Å². The van der Waals surface area contributed by atoms with Crippen molar-refractivity contribution in [2.45, 2.75) is 46.6 Å². The van der Waals surface area contributed by atoms with E-state index in [1.165, 1.54) is 0 Å². The van der Waals surface area contributed by atoms with Crippen molar-refractivity contribution in [1.82, 2.24) is 5.32 Å². The van der Waals surface area contributed by atoms with Crippen LogP contribution in [0.25, 0.3) is 6.08 Å². The second kappa shape index (κ2) is 7.16. The number of benzene rings is 1. The predicted molar refractivity (Wildman–Crippen MR) is 85.5 cm³/mol. The van der Waals surface area contributed by atoms with Gasteiger partial charge in [0.05, 0.1) is 0 Å². The molecule has 0 aliphatic rings.